The predicted octanol–water partition coefficient (Wildman–Crippen LogP) is -3.14. The van der Waals surface area contributed by atoms with E-state index in [1.54, 1.807) is 0 Å². The summed E-state index contributed by atoms with van der Waals surface area (Å²) in [5.74, 6) is -3.50. The molecular weight excluding hydrogens is 309 g/mol. The van der Waals surface area contributed by atoms with Crippen LogP contribution in [0.25, 0.3) is 0 Å². The van der Waals surface area contributed by atoms with Gasteiger partial charge in [-0.05, 0) is 0 Å². The molecule has 0 aromatic rings. The first-order chi connectivity index (χ1) is 5.25. The van der Waals surface area contributed by atoms with Gasteiger partial charge in [0.1, 0.15) is 0 Å². The number of rotatable bonds is 4. The minimum atomic E-state index is -4.84. The Morgan fingerprint density at radius 3 is 1.47 bits per heavy atom. The van der Waals surface area contributed by atoms with Gasteiger partial charge < -0.3 is 10.2 Å². The first-order valence-electron chi connectivity index (χ1n) is 2.66. The molecule has 0 aromatic carbocycles. The Labute approximate surface area is 214 Å². The van der Waals surface area contributed by atoms with Crippen molar-refractivity contribution in [3.8, 4) is 0 Å². The third kappa shape index (κ3) is 14.0. The van der Waals surface area contributed by atoms with Crippen LogP contribution in [0, 0.1) is 0 Å². The Morgan fingerprint density at radius 2 is 1.40 bits per heavy atom. The van der Waals surface area contributed by atoms with Crippen LogP contribution >= 0.6 is 0 Å². The molecule has 11 heteroatoms. The fourth-order valence-corrected chi connectivity index (χ4v) is 1.09. The summed E-state index contributed by atoms with van der Waals surface area (Å²) in [5.41, 5.74) is 0. The molecule has 7 nitrogen and oxygen atoms in total. The van der Waals surface area contributed by atoms with Crippen LogP contribution in [0.5, 0.6) is 0 Å². The zero-order chi connectivity index (χ0) is 9.94. The van der Waals surface area contributed by atoms with Gasteiger partial charge in [-0.1, -0.05) is 0 Å². The van der Waals surface area contributed by atoms with Crippen molar-refractivity contribution >= 4 is 176 Å². The van der Waals surface area contributed by atoms with Gasteiger partial charge in [0.2, 0.25) is 0 Å². The van der Waals surface area contributed by atoms with Crippen molar-refractivity contribution in [3.63, 3.8) is 0 Å². The van der Waals surface area contributed by atoms with Crippen LogP contribution in [-0.2, 0) is 19.7 Å². The van der Waals surface area contributed by atoms with E-state index in [4.69, 9.17) is 14.8 Å². The Bertz CT molecular complexity index is 299. The summed E-state index contributed by atoms with van der Waals surface area (Å²) in [7, 11) is -4.84. The molecule has 0 amide bonds. The number of carboxylic acid groups (broad SMARTS) is 2. The van der Waals surface area contributed by atoms with E-state index in [0.29, 0.717) is 0 Å². The van der Waals surface area contributed by atoms with Crippen molar-refractivity contribution in [1.82, 2.24) is 0 Å². The van der Waals surface area contributed by atoms with Crippen LogP contribution in [0.1, 0.15) is 6.42 Å². The molecule has 76 valence electrons. The maximum absolute atomic E-state index is 10.2. The third-order valence-corrected chi connectivity index (χ3v) is 2.08. The fourth-order valence-electron chi connectivity index (χ4n) is 0.479. The monoisotopic (exact) mass is 318 g/mol. The van der Waals surface area contributed by atoms with Gasteiger partial charge in [-0.15, -0.1) is 0 Å². The quantitative estimate of drug-likeness (QED) is 0.369. The van der Waals surface area contributed by atoms with Crippen LogP contribution in [0.3, 0.4) is 0 Å². The van der Waals surface area contributed by atoms with E-state index in [2.05, 4.69) is 0 Å². The van der Waals surface area contributed by atoms with Gasteiger partial charge in [0.05, 0.1) is 6.42 Å². The Hall–Kier alpha value is 3.76. The Kier molecular flexibility index (Phi) is 23.1. The molecule has 0 radical (unpaired) electrons. The van der Waals surface area contributed by atoms with E-state index in [1.165, 1.54) is 0 Å². The van der Waals surface area contributed by atoms with Gasteiger partial charge in [-0.2, -0.15) is 8.42 Å². The van der Waals surface area contributed by atoms with Crippen LogP contribution < -0.4 is 0 Å². The van der Waals surface area contributed by atoms with Crippen molar-refractivity contribution in [2.75, 3.05) is 0 Å². The SMILES string of the molecule is O=C(O)CC(C(=O)O)S(=O)(=O)O.[KH].[KH].[KH]. The molecule has 3 N–H and O–H groups in total. The van der Waals surface area contributed by atoms with E-state index < -0.39 is 33.7 Å². The second-order valence-corrected chi connectivity index (χ2v) is 3.54. The summed E-state index contributed by atoms with van der Waals surface area (Å²) in [6, 6.07) is 0. The molecule has 0 saturated heterocycles. The first-order valence-corrected chi connectivity index (χ1v) is 4.16. The summed E-state index contributed by atoms with van der Waals surface area (Å²) in [4.78, 5) is 20.0. The number of hydrogen-bond acceptors (Lipinski definition) is 4. The van der Waals surface area contributed by atoms with Crippen molar-refractivity contribution in [3.05, 3.63) is 0 Å². The number of aliphatic carboxylic acids is 2. The van der Waals surface area contributed by atoms with Gasteiger partial charge in [0, 0.05) is 0 Å². The normalized spacial score (nSPS) is 11.0. The molecule has 0 aromatic heterocycles. The fraction of sp³-hybridized carbons (Fsp3) is 0.500. The molecule has 0 aliphatic heterocycles. The van der Waals surface area contributed by atoms with Crippen molar-refractivity contribution in [2.45, 2.75) is 11.7 Å². The van der Waals surface area contributed by atoms with E-state index in [9.17, 15) is 18.0 Å². The third-order valence-electron chi connectivity index (χ3n) is 0.995. The van der Waals surface area contributed by atoms with Crippen LogP contribution in [0.2, 0.25) is 0 Å². The standard InChI is InChI=1S/C4H6O7S.3K.3H/c5-3(6)1-2(4(7)8)12(9,10)11;;;;;;/h2H,1H2,(H,5,6)(H,7,8)(H,9,10,11);;;;;;. The molecular formula is C4H9K3O7S. The Balaban J connectivity index is -0.000000202. The van der Waals surface area contributed by atoms with E-state index in [0.717, 1.165) is 0 Å². The average Bonchev–Trinajstić information content (AvgIpc) is 1.79. The van der Waals surface area contributed by atoms with Crippen LogP contribution in [-0.4, -0.2) is 195 Å². The molecule has 0 spiro atoms. The van der Waals surface area contributed by atoms with Gasteiger partial charge in [-0.3, -0.25) is 14.1 Å². The summed E-state index contributed by atoms with van der Waals surface area (Å²) in [6.45, 7) is 0. The summed E-state index contributed by atoms with van der Waals surface area (Å²) in [6.07, 6.45) is -1.16. The van der Waals surface area contributed by atoms with Crippen molar-refractivity contribution in [2.24, 2.45) is 0 Å². The molecule has 0 rings (SSSR count). The van der Waals surface area contributed by atoms with Crippen LogP contribution in [0.15, 0.2) is 0 Å². The van der Waals surface area contributed by atoms with Gasteiger partial charge in [-0.25, -0.2) is 0 Å². The molecule has 0 aliphatic rings. The van der Waals surface area contributed by atoms with Gasteiger partial charge >= 0.3 is 166 Å². The molecule has 0 fully saturated rings. The molecule has 0 heterocycles. The molecule has 15 heavy (non-hydrogen) atoms. The summed E-state index contributed by atoms with van der Waals surface area (Å²) < 4.78 is 28.7. The number of hydrogen-bond donors (Lipinski definition) is 3. The second-order valence-electron chi connectivity index (χ2n) is 1.94. The maximum atomic E-state index is 10.2. The van der Waals surface area contributed by atoms with E-state index in [1.807, 2.05) is 0 Å². The predicted molar refractivity (Wildman–Crippen MR) is 56.7 cm³/mol. The van der Waals surface area contributed by atoms with E-state index >= 15 is 0 Å². The molecule has 0 saturated carbocycles. The van der Waals surface area contributed by atoms with Crippen molar-refractivity contribution < 1.29 is 32.8 Å². The molecule has 0 bridgehead atoms. The summed E-state index contributed by atoms with van der Waals surface area (Å²) in [5, 5.41) is 13.9. The van der Waals surface area contributed by atoms with Crippen LogP contribution in [0.4, 0.5) is 0 Å². The van der Waals surface area contributed by atoms with Gasteiger partial charge in [0.15, 0.2) is 5.25 Å². The van der Waals surface area contributed by atoms with Crippen molar-refractivity contribution in [1.29, 1.82) is 0 Å². The molecule has 1 atom stereocenters. The average molecular weight is 318 g/mol. The zero-order valence-corrected chi connectivity index (χ0v) is 6.48. The number of carbonyl (C=O) groups is 2. The Morgan fingerprint density at radius 1 is 1.07 bits per heavy atom. The summed E-state index contributed by atoms with van der Waals surface area (Å²) >= 11 is 0. The first kappa shape index (κ1) is 27.2. The zero-order valence-electron chi connectivity index (χ0n) is 5.67. The topological polar surface area (TPSA) is 129 Å². The minimum absolute atomic E-state index is 0. The molecule has 1 unspecified atom stereocenters. The second kappa shape index (κ2) is 12.8. The number of carboxylic acids is 2. The molecule has 0 aliphatic carbocycles. The van der Waals surface area contributed by atoms with Gasteiger partial charge in [0.25, 0.3) is 10.1 Å². The van der Waals surface area contributed by atoms with E-state index in [-0.39, 0.29) is 154 Å².